The fraction of sp³-hybridized carbons (Fsp3) is 0.870. The molecule has 2 unspecified atom stereocenters. The molecule has 0 aromatic carbocycles. The van der Waals surface area contributed by atoms with Gasteiger partial charge >= 0.3 is 12.1 Å². The molecule has 0 aliphatic rings. The van der Waals surface area contributed by atoms with Gasteiger partial charge in [-0.15, -0.1) is 0 Å². The van der Waals surface area contributed by atoms with Crippen molar-refractivity contribution in [1.29, 1.82) is 0 Å². The van der Waals surface area contributed by atoms with Crippen molar-refractivity contribution < 1.29 is 28.6 Å². The number of esters is 1. The minimum atomic E-state index is -0.772. The standard InChI is InChI=1S/C23H44N2O6/c1-11-16(6)18(25-22(28)31-23(7,8)9)13-30-19(15(4)5)20(26)24-17(12-14(2)3)21(27)29-10/h14-19H,11-13H2,1-10H3,(H,24,26)(H,25,28)/t16-,17-,18?,19?/m0/s1. The van der Waals surface area contributed by atoms with Crippen LogP contribution in [0.5, 0.6) is 0 Å². The lowest BCUT2D eigenvalue weighted by Crippen LogP contribution is -2.50. The largest absolute Gasteiger partial charge is 0.467 e. The number of hydrogen-bond donors (Lipinski definition) is 2. The minimum absolute atomic E-state index is 0.118. The Morgan fingerprint density at radius 3 is 1.97 bits per heavy atom. The van der Waals surface area contributed by atoms with Crippen LogP contribution in [-0.2, 0) is 23.8 Å². The highest BCUT2D eigenvalue weighted by atomic mass is 16.6. The molecule has 0 aliphatic heterocycles. The van der Waals surface area contributed by atoms with Crippen LogP contribution in [0.4, 0.5) is 4.79 Å². The molecule has 0 radical (unpaired) electrons. The second-order valence-electron chi connectivity index (χ2n) is 9.85. The Hall–Kier alpha value is -1.83. The number of carbonyl (C=O) groups excluding carboxylic acids is 3. The summed E-state index contributed by atoms with van der Waals surface area (Å²) in [5.74, 6) is -0.654. The van der Waals surface area contributed by atoms with Gasteiger partial charge in [-0.1, -0.05) is 48.0 Å². The Kier molecular flexibility index (Phi) is 12.8. The average Bonchev–Trinajstić information content (AvgIpc) is 2.63. The molecule has 182 valence electrons. The van der Waals surface area contributed by atoms with E-state index < -0.39 is 29.8 Å². The van der Waals surface area contributed by atoms with Crippen molar-refractivity contribution in [2.75, 3.05) is 13.7 Å². The molecule has 0 fully saturated rings. The van der Waals surface area contributed by atoms with Crippen LogP contribution >= 0.6 is 0 Å². The van der Waals surface area contributed by atoms with E-state index in [9.17, 15) is 14.4 Å². The molecule has 0 aromatic heterocycles. The van der Waals surface area contributed by atoms with Crippen LogP contribution in [0.1, 0.15) is 75.2 Å². The van der Waals surface area contributed by atoms with E-state index >= 15 is 0 Å². The van der Waals surface area contributed by atoms with Gasteiger partial charge in [0, 0.05) is 0 Å². The lowest BCUT2D eigenvalue weighted by Gasteiger charge is -2.30. The topological polar surface area (TPSA) is 103 Å². The van der Waals surface area contributed by atoms with Gasteiger partial charge < -0.3 is 24.8 Å². The third kappa shape index (κ3) is 12.0. The molecule has 4 atom stereocenters. The van der Waals surface area contributed by atoms with Crippen LogP contribution in [0.15, 0.2) is 0 Å². The van der Waals surface area contributed by atoms with Crippen LogP contribution < -0.4 is 10.6 Å². The molecule has 0 spiro atoms. The predicted octanol–water partition coefficient (Wildman–Crippen LogP) is 3.67. The molecular weight excluding hydrogens is 400 g/mol. The van der Waals surface area contributed by atoms with Crippen molar-refractivity contribution in [3.8, 4) is 0 Å². The maximum atomic E-state index is 12.9. The number of methoxy groups -OCH3 is 1. The molecule has 0 heterocycles. The average molecular weight is 445 g/mol. The highest BCUT2D eigenvalue weighted by molar-refractivity contribution is 5.87. The van der Waals surface area contributed by atoms with E-state index in [0.717, 1.165) is 6.42 Å². The Balaban J connectivity index is 5.23. The van der Waals surface area contributed by atoms with Crippen molar-refractivity contribution in [1.82, 2.24) is 10.6 Å². The molecular formula is C23H44N2O6. The zero-order valence-electron chi connectivity index (χ0n) is 21.0. The molecule has 31 heavy (non-hydrogen) atoms. The first kappa shape index (κ1) is 29.2. The van der Waals surface area contributed by atoms with E-state index in [-0.39, 0.29) is 36.3 Å². The van der Waals surface area contributed by atoms with Gasteiger partial charge in [0.25, 0.3) is 0 Å². The summed E-state index contributed by atoms with van der Waals surface area (Å²) >= 11 is 0. The van der Waals surface area contributed by atoms with Gasteiger partial charge in [0.1, 0.15) is 17.7 Å². The number of alkyl carbamates (subject to hydrolysis) is 1. The Morgan fingerprint density at radius 2 is 1.55 bits per heavy atom. The summed E-state index contributed by atoms with van der Waals surface area (Å²) in [6, 6.07) is -1.05. The molecule has 8 heteroatoms. The van der Waals surface area contributed by atoms with Gasteiger partial charge in [0.2, 0.25) is 5.91 Å². The number of amides is 2. The molecule has 8 nitrogen and oxygen atoms in total. The fourth-order valence-electron chi connectivity index (χ4n) is 2.95. The van der Waals surface area contributed by atoms with E-state index in [2.05, 4.69) is 10.6 Å². The number of hydrogen-bond acceptors (Lipinski definition) is 6. The van der Waals surface area contributed by atoms with Gasteiger partial charge in [0.05, 0.1) is 19.8 Å². The van der Waals surface area contributed by atoms with Gasteiger partial charge in [-0.3, -0.25) is 4.79 Å². The third-order valence-corrected chi connectivity index (χ3v) is 4.86. The lowest BCUT2D eigenvalue weighted by molar-refractivity contribution is -0.148. The summed E-state index contributed by atoms with van der Waals surface area (Å²) in [7, 11) is 1.30. The van der Waals surface area contributed by atoms with Crippen molar-refractivity contribution >= 4 is 18.0 Å². The Bertz CT molecular complexity index is 571. The molecule has 0 rings (SSSR count). The third-order valence-electron chi connectivity index (χ3n) is 4.86. The van der Waals surface area contributed by atoms with E-state index in [1.807, 2.05) is 41.5 Å². The zero-order valence-corrected chi connectivity index (χ0v) is 21.0. The van der Waals surface area contributed by atoms with Crippen molar-refractivity contribution in [2.45, 2.75) is 98.9 Å². The maximum Gasteiger partial charge on any atom is 0.407 e. The van der Waals surface area contributed by atoms with Crippen LogP contribution in [-0.4, -0.2) is 55.5 Å². The first-order valence-corrected chi connectivity index (χ1v) is 11.2. The van der Waals surface area contributed by atoms with Crippen LogP contribution in [0.3, 0.4) is 0 Å². The highest BCUT2D eigenvalue weighted by Gasteiger charge is 2.31. The van der Waals surface area contributed by atoms with Gasteiger partial charge in [-0.2, -0.15) is 0 Å². The summed E-state index contributed by atoms with van der Waals surface area (Å²) < 4.78 is 16.1. The van der Waals surface area contributed by atoms with Crippen LogP contribution in [0.2, 0.25) is 0 Å². The van der Waals surface area contributed by atoms with Gasteiger partial charge in [0.15, 0.2) is 0 Å². The smallest absolute Gasteiger partial charge is 0.407 e. The van der Waals surface area contributed by atoms with E-state index in [0.29, 0.717) is 6.42 Å². The molecule has 2 amide bonds. The first-order valence-electron chi connectivity index (χ1n) is 11.2. The number of ether oxygens (including phenoxy) is 3. The normalized spacial score (nSPS) is 15.7. The SMILES string of the molecule is CC[C@H](C)C(COC(C(=O)N[C@@H](CC(C)C)C(=O)OC)C(C)C)NC(=O)OC(C)(C)C. The van der Waals surface area contributed by atoms with E-state index in [1.54, 1.807) is 20.8 Å². The molecule has 0 saturated heterocycles. The van der Waals surface area contributed by atoms with Crippen molar-refractivity contribution in [2.24, 2.45) is 17.8 Å². The Labute approximate surface area is 188 Å². The monoisotopic (exact) mass is 444 g/mol. The molecule has 0 saturated carbocycles. The van der Waals surface area contributed by atoms with Gasteiger partial charge in [-0.25, -0.2) is 9.59 Å². The summed E-state index contributed by atoms with van der Waals surface area (Å²) in [4.78, 5) is 37.2. The summed E-state index contributed by atoms with van der Waals surface area (Å²) in [6.07, 6.45) is 0.000968. The van der Waals surface area contributed by atoms with Crippen molar-refractivity contribution in [3.63, 3.8) is 0 Å². The Morgan fingerprint density at radius 1 is 0.968 bits per heavy atom. The zero-order chi connectivity index (χ0) is 24.4. The maximum absolute atomic E-state index is 12.9. The van der Waals surface area contributed by atoms with Crippen molar-refractivity contribution in [3.05, 3.63) is 0 Å². The number of rotatable bonds is 12. The first-order chi connectivity index (χ1) is 14.2. The summed E-state index contributed by atoms with van der Waals surface area (Å²) in [5, 5.41) is 5.63. The highest BCUT2D eigenvalue weighted by Crippen LogP contribution is 2.15. The second kappa shape index (κ2) is 13.6. The van der Waals surface area contributed by atoms with E-state index in [4.69, 9.17) is 14.2 Å². The number of nitrogens with one attached hydrogen (secondary N) is 2. The summed E-state index contributed by atoms with van der Waals surface area (Å²) in [6.45, 7) is 17.3. The molecule has 0 aromatic rings. The van der Waals surface area contributed by atoms with E-state index in [1.165, 1.54) is 7.11 Å². The minimum Gasteiger partial charge on any atom is -0.467 e. The molecule has 2 N–H and O–H groups in total. The fourth-order valence-corrected chi connectivity index (χ4v) is 2.95. The van der Waals surface area contributed by atoms with Crippen LogP contribution in [0.25, 0.3) is 0 Å². The molecule has 0 bridgehead atoms. The predicted molar refractivity (Wildman–Crippen MR) is 121 cm³/mol. The lowest BCUT2D eigenvalue weighted by atomic mass is 9.99. The number of carbonyl (C=O) groups is 3. The van der Waals surface area contributed by atoms with Crippen LogP contribution in [0, 0.1) is 17.8 Å². The molecule has 0 aliphatic carbocycles. The van der Waals surface area contributed by atoms with Gasteiger partial charge in [-0.05, 0) is 44.9 Å². The second-order valence-corrected chi connectivity index (χ2v) is 9.85. The quantitative estimate of drug-likeness (QED) is 0.445. The summed E-state index contributed by atoms with van der Waals surface area (Å²) in [5.41, 5.74) is -0.607.